The van der Waals surface area contributed by atoms with Crippen LogP contribution in [0, 0.1) is 0 Å². The molecule has 1 heterocycles. The summed E-state index contributed by atoms with van der Waals surface area (Å²) in [6.45, 7) is 0. The van der Waals surface area contributed by atoms with Crippen LogP contribution in [-0.2, 0) is 0 Å². The van der Waals surface area contributed by atoms with Gasteiger partial charge in [-0.2, -0.15) is 5.11 Å². The maximum Gasteiger partial charge on any atom is 0.145 e. The average Bonchev–Trinajstić information content (AvgIpc) is 2.38. The lowest BCUT2D eigenvalue weighted by Gasteiger charge is -2.12. The molecule has 0 spiro atoms. The molecule has 0 radical (unpaired) electrons. The molecule has 0 saturated heterocycles. The van der Waals surface area contributed by atoms with Crippen molar-refractivity contribution in [3.63, 3.8) is 0 Å². The summed E-state index contributed by atoms with van der Waals surface area (Å²) in [5.74, 6) is 0.110. The van der Waals surface area contributed by atoms with Gasteiger partial charge in [0.15, 0.2) is 0 Å². The van der Waals surface area contributed by atoms with Gasteiger partial charge in [0.2, 0.25) is 0 Å². The number of hydrogen-bond acceptors (Lipinski definition) is 5. The van der Waals surface area contributed by atoms with Gasteiger partial charge in [0, 0.05) is 38.2 Å². The predicted octanol–water partition coefficient (Wildman–Crippen LogP) is 3.27. The van der Waals surface area contributed by atoms with E-state index in [9.17, 15) is 5.11 Å². The molecule has 0 unspecified atom stereocenters. The summed E-state index contributed by atoms with van der Waals surface area (Å²) in [6.07, 6.45) is 3.28. The molecule has 2 aromatic rings. The Hall–Kier alpha value is -2.43. The number of phenols is 1. The lowest BCUT2D eigenvalue weighted by molar-refractivity contribution is 0.476. The third-order valence-electron chi connectivity index (χ3n) is 2.41. The largest absolute Gasteiger partial charge is 0.506 e. The van der Waals surface area contributed by atoms with Gasteiger partial charge >= 0.3 is 0 Å². The van der Waals surface area contributed by atoms with E-state index in [2.05, 4.69) is 15.2 Å². The van der Waals surface area contributed by atoms with Crippen LogP contribution in [0.2, 0.25) is 0 Å². The van der Waals surface area contributed by atoms with Crippen molar-refractivity contribution in [1.29, 1.82) is 0 Å². The molecule has 0 aliphatic rings. The van der Waals surface area contributed by atoms with E-state index < -0.39 is 0 Å². The molecule has 18 heavy (non-hydrogen) atoms. The third-order valence-corrected chi connectivity index (χ3v) is 2.41. The zero-order chi connectivity index (χ0) is 13.0. The highest BCUT2D eigenvalue weighted by Gasteiger charge is 2.02. The van der Waals surface area contributed by atoms with E-state index in [0.29, 0.717) is 11.4 Å². The number of phenolic OH excluding ortho intramolecular Hbond substituents is 1. The first-order valence-corrected chi connectivity index (χ1v) is 5.49. The van der Waals surface area contributed by atoms with Crippen molar-refractivity contribution < 1.29 is 5.11 Å². The fourth-order valence-corrected chi connectivity index (χ4v) is 1.40. The Labute approximate surface area is 105 Å². The molecule has 0 aliphatic carbocycles. The Bertz CT molecular complexity index is 552. The number of pyridine rings is 1. The van der Waals surface area contributed by atoms with Crippen molar-refractivity contribution in [2.45, 2.75) is 0 Å². The summed E-state index contributed by atoms with van der Waals surface area (Å²) in [4.78, 5) is 5.80. The summed E-state index contributed by atoms with van der Waals surface area (Å²) in [5.41, 5.74) is 2.05. The molecule has 0 bridgehead atoms. The van der Waals surface area contributed by atoms with Gasteiger partial charge in [0.05, 0.1) is 5.69 Å². The van der Waals surface area contributed by atoms with Crippen LogP contribution < -0.4 is 4.90 Å². The molecule has 1 aromatic heterocycles. The van der Waals surface area contributed by atoms with Gasteiger partial charge in [-0.25, -0.2) is 0 Å². The number of nitrogens with zero attached hydrogens (tertiary/aromatic N) is 4. The van der Waals surface area contributed by atoms with Crippen molar-refractivity contribution in [2.24, 2.45) is 10.2 Å². The summed E-state index contributed by atoms with van der Waals surface area (Å²) in [7, 11) is 3.82. The van der Waals surface area contributed by atoms with Crippen LogP contribution >= 0.6 is 0 Å². The average molecular weight is 242 g/mol. The molecule has 2 rings (SSSR count). The van der Waals surface area contributed by atoms with Crippen molar-refractivity contribution in [1.82, 2.24) is 4.98 Å². The monoisotopic (exact) mass is 242 g/mol. The quantitative estimate of drug-likeness (QED) is 0.840. The minimum Gasteiger partial charge on any atom is -0.506 e. The van der Waals surface area contributed by atoms with Crippen LogP contribution in [0.25, 0.3) is 0 Å². The zero-order valence-corrected chi connectivity index (χ0v) is 10.3. The highest BCUT2D eigenvalue weighted by atomic mass is 16.3. The molecule has 1 aromatic carbocycles. The van der Waals surface area contributed by atoms with E-state index in [4.69, 9.17) is 0 Å². The minimum absolute atomic E-state index is 0.110. The van der Waals surface area contributed by atoms with E-state index in [-0.39, 0.29) is 5.75 Å². The molecular formula is C13H14N4O. The van der Waals surface area contributed by atoms with Gasteiger partial charge in [0.25, 0.3) is 0 Å². The second-order valence-electron chi connectivity index (χ2n) is 3.97. The molecule has 0 amide bonds. The van der Waals surface area contributed by atoms with E-state index >= 15 is 0 Å². The Morgan fingerprint density at radius 1 is 1.06 bits per heavy atom. The first-order valence-electron chi connectivity index (χ1n) is 5.49. The normalized spacial score (nSPS) is 10.8. The summed E-state index contributed by atoms with van der Waals surface area (Å²) in [6, 6.07) is 8.75. The first-order chi connectivity index (χ1) is 8.66. The second kappa shape index (κ2) is 5.27. The van der Waals surface area contributed by atoms with Crippen LogP contribution in [0.15, 0.2) is 53.0 Å². The molecule has 0 saturated carbocycles. The summed E-state index contributed by atoms with van der Waals surface area (Å²) >= 11 is 0. The molecule has 92 valence electrons. The predicted molar refractivity (Wildman–Crippen MR) is 70.8 cm³/mol. The van der Waals surface area contributed by atoms with Gasteiger partial charge in [-0.15, -0.1) is 5.11 Å². The van der Waals surface area contributed by atoms with E-state index in [1.165, 1.54) is 0 Å². The first kappa shape index (κ1) is 12.0. The Balaban J connectivity index is 2.22. The molecular weight excluding hydrogens is 228 g/mol. The Morgan fingerprint density at radius 2 is 1.78 bits per heavy atom. The molecule has 0 fully saturated rings. The molecule has 0 aliphatic heterocycles. The highest BCUT2D eigenvalue weighted by Crippen LogP contribution is 2.31. The smallest absolute Gasteiger partial charge is 0.145 e. The zero-order valence-electron chi connectivity index (χ0n) is 10.3. The van der Waals surface area contributed by atoms with Crippen LogP contribution in [0.5, 0.6) is 5.75 Å². The fraction of sp³-hybridized carbons (Fsp3) is 0.154. The third kappa shape index (κ3) is 2.82. The molecule has 5 nitrogen and oxygen atoms in total. The summed E-state index contributed by atoms with van der Waals surface area (Å²) < 4.78 is 0. The lowest BCUT2D eigenvalue weighted by Crippen LogP contribution is -2.07. The number of hydrogen-bond donors (Lipinski definition) is 1. The van der Waals surface area contributed by atoms with Gasteiger partial charge in [-0.3, -0.25) is 4.98 Å². The van der Waals surface area contributed by atoms with Crippen LogP contribution in [-0.4, -0.2) is 24.2 Å². The minimum atomic E-state index is 0.110. The van der Waals surface area contributed by atoms with Crippen molar-refractivity contribution in [2.75, 3.05) is 19.0 Å². The maximum absolute atomic E-state index is 9.83. The summed E-state index contributed by atoms with van der Waals surface area (Å²) in [5, 5.41) is 17.9. The topological polar surface area (TPSA) is 61.1 Å². The number of aromatic hydroxyl groups is 1. The number of azo groups is 1. The lowest BCUT2D eigenvalue weighted by atomic mass is 10.2. The van der Waals surface area contributed by atoms with Crippen LogP contribution in [0.4, 0.5) is 17.1 Å². The van der Waals surface area contributed by atoms with Gasteiger partial charge in [-0.05, 0) is 24.3 Å². The van der Waals surface area contributed by atoms with E-state index in [1.807, 2.05) is 25.1 Å². The Kier molecular flexibility index (Phi) is 3.52. The number of anilines is 1. The van der Waals surface area contributed by atoms with Crippen molar-refractivity contribution in [3.05, 3.63) is 42.7 Å². The molecule has 1 N–H and O–H groups in total. The van der Waals surface area contributed by atoms with Crippen LogP contribution in [0.1, 0.15) is 0 Å². The Morgan fingerprint density at radius 3 is 2.39 bits per heavy atom. The van der Waals surface area contributed by atoms with E-state index in [0.717, 1.165) is 5.69 Å². The fourth-order valence-electron chi connectivity index (χ4n) is 1.40. The van der Waals surface area contributed by atoms with Gasteiger partial charge in [-0.1, -0.05) is 0 Å². The molecule has 0 atom stereocenters. The van der Waals surface area contributed by atoms with Gasteiger partial charge in [0.1, 0.15) is 11.4 Å². The number of aromatic nitrogens is 1. The van der Waals surface area contributed by atoms with E-state index in [1.54, 1.807) is 36.7 Å². The highest BCUT2D eigenvalue weighted by molar-refractivity contribution is 5.60. The van der Waals surface area contributed by atoms with Crippen molar-refractivity contribution in [3.8, 4) is 5.75 Å². The standard InChI is InChI=1S/C13H14N4O/c1-17(2)11-3-4-12(13(18)9-11)16-15-10-5-7-14-8-6-10/h3-9,18H,1-2H3/b16-15+. The second-order valence-corrected chi connectivity index (χ2v) is 3.97. The SMILES string of the molecule is CN(C)c1ccc(/N=N/c2ccncc2)c(O)c1. The van der Waals surface area contributed by atoms with Gasteiger partial charge < -0.3 is 10.0 Å². The van der Waals surface area contributed by atoms with Crippen molar-refractivity contribution >= 4 is 17.1 Å². The van der Waals surface area contributed by atoms with Crippen LogP contribution in [0.3, 0.4) is 0 Å². The maximum atomic E-state index is 9.83. The number of rotatable bonds is 3. The number of benzene rings is 1. The molecule has 5 heteroatoms.